The number of nitrogens with zero attached hydrogens (tertiary/aromatic N) is 3. The van der Waals surface area contributed by atoms with Crippen LogP contribution in [-0.4, -0.2) is 76.2 Å². The SMILES string of the molecule is CNC(=O)[C@@H]1C[C@@H](O)CN1C(=O)[C@@H](N1CC(c2cccc3c2CCCC3)N(C2CCCCCCC2)N1)C(C)(C)C. The Bertz CT molecular complexity index is 1050. The Morgan fingerprint density at radius 3 is 2.40 bits per heavy atom. The van der Waals surface area contributed by atoms with Crippen molar-refractivity contribution >= 4 is 11.8 Å². The van der Waals surface area contributed by atoms with Gasteiger partial charge in [-0.2, -0.15) is 5.53 Å². The number of aliphatic hydroxyl groups is 1. The van der Waals surface area contributed by atoms with Crippen LogP contribution in [0.15, 0.2) is 18.2 Å². The van der Waals surface area contributed by atoms with Gasteiger partial charge in [0.15, 0.2) is 0 Å². The minimum absolute atomic E-state index is 0.0847. The van der Waals surface area contributed by atoms with Crippen molar-refractivity contribution in [3.63, 3.8) is 0 Å². The van der Waals surface area contributed by atoms with Crippen LogP contribution >= 0.6 is 0 Å². The molecule has 4 atom stereocenters. The van der Waals surface area contributed by atoms with E-state index in [-0.39, 0.29) is 36.2 Å². The molecule has 4 aliphatic rings. The van der Waals surface area contributed by atoms with Crippen LogP contribution in [0.1, 0.15) is 108 Å². The zero-order valence-corrected chi connectivity index (χ0v) is 25.1. The number of benzene rings is 1. The van der Waals surface area contributed by atoms with Crippen molar-refractivity contribution in [3.05, 3.63) is 34.9 Å². The van der Waals surface area contributed by atoms with Gasteiger partial charge in [0.1, 0.15) is 12.1 Å². The van der Waals surface area contributed by atoms with Crippen LogP contribution in [0.3, 0.4) is 0 Å². The Hall–Kier alpha value is -2.00. The Balaban J connectivity index is 1.49. The van der Waals surface area contributed by atoms with Crippen LogP contribution in [-0.2, 0) is 22.4 Å². The average molecular weight is 554 g/mol. The molecule has 2 aliphatic heterocycles. The van der Waals surface area contributed by atoms with Crippen molar-refractivity contribution in [2.24, 2.45) is 5.41 Å². The van der Waals surface area contributed by atoms with Crippen molar-refractivity contribution in [1.82, 2.24) is 25.8 Å². The molecule has 40 heavy (non-hydrogen) atoms. The second kappa shape index (κ2) is 12.5. The number of hydrogen-bond acceptors (Lipinski definition) is 6. The molecule has 0 aromatic heterocycles. The molecule has 1 unspecified atom stereocenters. The maximum atomic E-state index is 14.3. The molecular formula is C32H51N5O3. The first kappa shape index (κ1) is 29.5. The molecule has 2 amide bonds. The lowest BCUT2D eigenvalue weighted by atomic mass is 9.83. The van der Waals surface area contributed by atoms with Gasteiger partial charge in [0.05, 0.1) is 12.1 Å². The number of carbonyl (C=O) groups is 2. The Kier molecular flexibility index (Phi) is 9.20. The smallest absolute Gasteiger partial charge is 0.242 e. The largest absolute Gasteiger partial charge is 0.391 e. The van der Waals surface area contributed by atoms with Crippen molar-refractivity contribution < 1.29 is 14.7 Å². The van der Waals surface area contributed by atoms with Crippen molar-refractivity contribution in [2.75, 3.05) is 20.1 Å². The van der Waals surface area contributed by atoms with Gasteiger partial charge in [-0.3, -0.25) is 9.59 Å². The van der Waals surface area contributed by atoms with Crippen molar-refractivity contribution in [2.45, 2.75) is 128 Å². The number of likely N-dealkylation sites (tertiary alicyclic amines) is 1. The molecule has 2 aliphatic carbocycles. The maximum absolute atomic E-state index is 14.3. The molecule has 1 aromatic rings. The van der Waals surface area contributed by atoms with Gasteiger partial charge in [0, 0.05) is 32.6 Å². The molecule has 2 saturated heterocycles. The Morgan fingerprint density at radius 1 is 1.00 bits per heavy atom. The van der Waals surface area contributed by atoms with Crippen molar-refractivity contribution in [3.8, 4) is 0 Å². The summed E-state index contributed by atoms with van der Waals surface area (Å²) in [6.45, 7) is 7.23. The van der Waals surface area contributed by atoms with E-state index >= 15 is 0 Å². The van der Waals surface area contributed by atoms with Gasteiger partial charge < -0.3 is 15.3 Å². The molecule has 8 nitrogen and oxygen atoms in total. The summed E-state index contributed by atoms with van der Waals surface area (Å²) in [6.07, 6.45) is 13.1. The number of likely N-dealkylation sites (N-methyl/N-ethyl adjacent to an activating group) is 1. The van der Waals surface area contributed by atoms with E-state index in [1.54, 1.807) is 11.9 Å². The van der Waals surface area contributed by atoms with Gasteiger partial charge in [-0.15, -0.1) is 0 Å². The molecule has 222 valence electrons. The van der Waals surface area contributed by atoms with Crippen LogP contribution in [0.25, 0.3) is 0 Å². The molecule has 0 radical (unpaired) electrons. The maximum Gasteiger partial charge on any atom is 0.242 e. The lowest BCUT2D eigenvalue weighted by molar-refractivity contribution is -0.148. The zero-order chi connectivity index (χ0) is 28.4. The highest BCUT2D eigenvalue weighted by atomic mass is 16.3. The second-order valence-corrected chi connectivity index (χ2v) is 13.6. The van der Waals surface area contributed by atoms with Crippen molar-refractivity contribution in [1.29, 1.82) is 0 Å². The van der Waals surface area contributed by atoms with E-state index in [9.17, 15) is 14.7 Å². The first-order chi connectivity index (χ1) is 19.2. The molecule has 3 N–H and O–H groups in total. The number of hydrazine groups is 2. The molecule has 8 heteroatoms. The number of rotatable bonds is 5. The highest BCUT2D eigenvalue weighted by Crippen LogP contribution is 2.39. The summed E-state index contributed by atoms with van der Waals surface area (Å²) in [5, 5.41) is 17.8. The first-order valence-corrected chi connectivity index (χ1v) is 15.8. The van der Waals surface area contributed by atoms with E-state index in [0.717, 1.165) is 25.7 Å². The molecule has 1 saturated carbocycles. The molecule has 0 bridgehead atoms. The summed E-state index contributed by atoms with van der Waals surface area (Å²) >= 11 is 0. The molecular weight excluding hydrogens is 502 g/mol. The highest BCUT2D eigenvalue weighted by molar-refractivity contribution is 5.90. The molecule has 2 heterocycles. The van der Waals surface area contributed by atoms with E-state index in [4.69, 9.17) is 0 Å². The summed E-state index contributed by atoms with van der Waals surface area (Å²) in [6, 6.07) is 6.31. The average Bonchev–Trinajstić information content (AvgIpc) is 3.51. The third kappa shape index (κ3) is 6.10. The predicted octanol–water partition coefficient (Wildman–Crippen LogP) is 3.88. The van der Waals surface area contributed by atoms with Crippen LogP contribution in [0.2, 0.25) is 0 Å². The third-order valence-corrected chi connectivity index (χ3v) is 9.69. The van der Waals surface area contributed by atoms with E-state index in [1.165, 1.54) is 61.6 Å². The molecule has 5 rings (SSSR count). The Labute approximate surface area is 240 Å². The Morgan fingerprint density at radius 2 is 1.70 bits per heavy atom. The summed E-state index contributed by atoms with van der Waals surface area (Å²) < 4.78 is 0. The van der Waals surface area contributed by atoms with E-state index < -0.39 is 18.2 Å². The molecule has 1 aromatic carbocycles. The molecule has 3 fully saturated rings. The topological polar surface area (TPSA) is 88.1 Å². The third-order valence-electron chi connectivity index (χ3n) is 9.69. The fourth-order valence-corrected chi connectivity index (χ4v) is 7.72. The first-order valence-electron chi connectivity index (χ1n) is 15.8. The second-order valence-electron chi connectivity index (χ2n) is 13.6. The van der Waals surface area contributed by atoms with E-state index in [2.05, 4.69) is 59.8 Å². The summed E-state index contributed by atoms with van der Waals surface area (Å²) in [5.41, 5.74) is 7.83. The number of hydrogen-bond donors (Lipinski definition) is 3. The number of carbonyl (C=O) groups excluding carboxylic acids is 2. The lowest BCUT2D eigenvalue weighted by Gasteiger charge is -2.40. The van der Waals surface area contributed by atoms with Gasteiger partial charge in [0.2, 0.25) is 11.8 Å². The fraction of sp³-hybridized carbons (Fsp3) is 0.750. The van der Waals surface area contributed by atoms with Gasteiger partial charge in [0.25, 0.3) is 0 Å². The normalized spacial score (nSPS) is 28.1. The van der Waals surface area contributed by atoms with Gasteiger partial charge in [-0.25, -0.2) is 10.0 Å². The number of nitrogens with one attached hydrogen (secondary N) is 2. The number of amides is 2. The number of aliphatic hydroxyl groups excluding tert-OH is 1. The van der Waals surface area contributed by atoms with Crippen LogP contribution in [0, 0.1) is 5.41 Å². The van der Waals surface area contributed by atoms with E-state index in [0.29, 0.717) is 12.6 Å². The van der Waals surface area contributed by atoms with Gasteiger partial charge in [-0.05, 0) is 60.6 Å². The lowest BCUT2D eigenvalue weighted by Crippen LogP contribution is -2.60. The summed E-state index contributed by atoms with van der Waals surface area (Å²) in [4.78, 5) is 28.7. The minimum atomic E-state index is -0.687. The molecule has 0 spiro atoms. The number of β-amino-alcohol motifs (C(OH)–C–C–N with tert-alkyl or cyclic N) is 1. The standard InChI is InChI=1S/C32H51N5O3/c1-32(2,3)29(31(40)35-20-24(38)19-27(35)30(39)33-4)36-21-28(26-18-12-14-22-13-10-11-17-25(22)26)37(34-36)23-15-8-6-5-7-9-16-23/h12,14,18,23-24,27-29,34,38H,5-11,13,15-17,19-21H2,1-4H3,(H,33,39)/t24-,27+,28?,29-/m1/s1. The zero-order valence-electron chi connectivity index (χ0n) is 25.1. The van der Waals surface area contributed by atoms with Crippen LogP contribution in [0.4, 0.5) is 0 Å². The quantitative estimate of drug-likeness (QED) is 0.513. The number of fused-ring (bicyclic) bond motifs is 1. The summed E-state index contributed by atoms with van der Waals surface area (Å²) in [7, 11) is 1.59. The number of aryl methyl sites for hydroxylation is 1. The minimum Gasteiger partial charge on any atom is -0.391 e. The van der Waals surface area contributed by atoms with E-state index in [1.807, 2.05) is 0 Å². The van der Waals surface area contributed by atoms with Crippen LogP contribution in [0.5, 0.6) is 0 Å². The summed E-state index contributed by atoms with van der Waals surface area (Å²) in [5.74, 6) is -0.296. The predicted molar refractivity (Wildman–Crippen MR) is 157 cm³/mol. The van der Waals surface area contributed by atoms with Gasteiger partial charge in [-0.1, -0.05) is 71.1 Å². The highest BCUT2D eigenvalue weighted by Gasteiger charge is 2.49. The monoisotopic (exact) mass is 553 g/mol. The van der Waals surface area contributed by atoms with Gasteiger partial charge >= 0.3 is 0 Å². The fourth-order valence-electron chi connectivity index (χ4n) is 7.72. The van der Waals surface area contributed by atoms with Crippen LogP contribution < -0.4 is 10.9 Å².